The van der Waals surface area contributed by atoms with Crippen LogP contribution in [0.5, 0.6) is 0 Å². The number of carboxylic acids is 1. The molecule has 212 valence electrons. The Labute approximate surface area is 221 Å². The molecule has 0 radical (unpaired) electrons. The van der Waals surface area contributed by atoms with Gasteiger partial charge in [-0.05, 0) is 75.9 Å². The van der Waals surface area contributed by atoms with E-state index in [4.69, 9.17) is 13.9 Å². The zero-order valence-corrected chi connectivity index (χ0v) is 26.4. The molecule has 0 spiro atoms. The van der Waals surface area contributed by atoms with Gasteiger partial charge in [0.15, 0.2) is 8.32 Å². The summed E-state index contributed by atoms with van der Waals surface area (Å²) in [6.45, 7) is 28.1. The van der Waals surface area contributed by atoms with Gasteiger partial charge >= 0.3 is 12.1 Å². The number of carboxylic acid groups (broad SMARTS) is 1. The first-order valence-electron chi connectivity index (χ1n) is 13.7. The van der Waals surface area contributed by atoms with Crippen molar-refractivity contribution < 1.29 is 28.6 Å². The van der Waals surface area contributed by atoms with Crippen molar-refractivity contribution in [2.24, 2.45) is 5.41 Å². The van der Waals surface area contributed by atoms with Gasteiger partial charge in [-0.2, -0.15) is 0 Å². The molecule has 1 N–H and O–H groups in total. The number of ether oxygens (including phenoxy) is 2. The highest BCUT2D eigenvalue weighted by molar-refractivity contribution is 6.77. The second-order valence-electron chi connectivity index (χ2n) is 13.7. The van der Waals surface area contributed by atoms with Crippen LogP contribution in [-0.4, -0.2) is 60.5 Å². The molecule has 1 aliphatic heterocycles. The number of hydrogen-bond acceptors (Lipinski definition) is 5. The molecule has 1 aliphatic rings. The molecule has 2 atom stereocenters. The van der Waals surface area contributed by atoms with Gasteiger partial charge in [-0.3, -0.25) is 9.69 Å². The van der Waals surface area contributed by atoms with E-state index >= 15 is 0 Å². The first-order chi connectivity index (χ1) is 16.2. The minimum atomic E-state index is -1.97. The van der Waals surface area contributed by atoms with Crippen LogP contribution in [0.2, 0.25) is 16.6 Å². The van der Waals surface area contributed by atoms with Gasteiger partial charge in [0.2, 0.25) is 0 Å². The van der Waals surface area contributed by atoms with Crippen molar-refractivity contribution in [3.63, 3.8) is 0 Å². The maximum absolute atomic E-state index is 13.3. The lowest BCUT2D eigenvalue weighted by atomic mass is 9.80. The summed E-state index contributed by atoms with van der Waals surface area (Å²) in [7, 11) is -1.97. The molecule has 1 fully saturated rings. The van der Waals surface area contributed by atoms with Gasteiger partial charge in [0.25, 0.3) is 0 Å². The Kier molecular flexibility index (Phi) is 11.1. The highest BCUT2D eigenvalue weighted by Crippen LogP contribution is 2.44. The molecule has 0 bridgehead atoms. The number of hydrogen-bond donors (Lipinski definition) is 1. The van der Waals surface area contributed by atoms with Crippen LogP contribution in [-0.2, 0) is 18.7 Å². The van der Waals surface area contributed by atoms with Gasteiger partial charge in [0.1, 0.15) is 11.3 Å². The Bertz CT molecular complexity index is 719. The van der Waals surface area contributed by atoms with Gasteiger partial charge in [0.05, 0.1) is 12.1 Å². The maximum atomic E-state index is 13.3. The quantitative estimate of drug-likeness (QED) is 0.262. The highest BCUT2D eigenvalue weighted by atomic mass is 28.4. The fourth-order valence-corrected chi connectivity index (χ4v) is 11.6. The summed E-state index contributed by atoms with van der Waals surface area (Å²) in [5.74, 6) is -0.865. The normalized spacial score (nSPS) is 21.1. The van der Waals surface area contributed by atoms with Crippen LogP contribution in [0.1, 0.15) is 116 Å². The topological polar surface area (TPSA) is 85.3 Å². The fourth-order valence-electron chi connectivity index (χ4n) is 6.15. The Morgan fingerprint density at radius 1 is 1.00 bits per heavy atom. The van der Waals surface area contributed by atoms with Gasteiger partial charge in [-0.15, -0.1) is 0 Å². The van der Waals surface area contributed by atoms with Gasteiger partial charge in [0, 0.05) is 13.0 Å². The average molecular weight is 530 g/mol. The molecule has 0 saturated carbocycles. The van der Waals surface area contributed by atoms with Crippen LogP contribution in [0.3, 0.4) is 0 Å². The van der Waals surface area contributed by atoms with E-state index in [9.17, 15) is 14.7 Å². The average Bonchev–Trinajstić information content (AvgIpc) is 2.90. The van der Waals surface area contributed by atoms with E-state index in [2.05, 4.69) is 55.4 Å². The molecule has 1 saturated heterocycles. The lowest BCUT2D eigenvalue weighted by Gasteiger charge is -2.43. The van der Waals surface area contributed by atoms with E-state index < -0.39 is 31.7 Å². The first kappa shape index (κ1) is 32.9. The summed E-state index contributed by atoms with van der Waals surface area (Å²) in [5, 5.41) is 9.30. The number of nitrogens with zero attached hydrogens (tertiary/aromatic N) is 1. The third-order valence-electron chi connectivity index (χ3n) is 7.61. The van der Waals surface area contributed by atoms with Crippen LogP contribution in [0.15, 0.2) is 0 Å². The molecule has 0 aromatic carbocycles. The van der Waals surface area contributed by atoms with Crippen molar-refractivity contribution >= 4 is 20.4 Å². The Morgan fingerprint density at radius 3 is 1.92 bits per heavy atom. The number of rotatable bonds is 12. The van der Waals surface area contributed by atoms with Crippen molar-refractivity contribution in [3.05, 3.63) is 0 Å². The van der Waals surface area contributed by atoms with E-state index in [0.29, 0.717) is 36.1 Å². The third kappa shape index (κ3) is 8.45. The molecule has 36 heavy (non-hydrogen) atoms. The van der Waals surface area contributed by atoms with Crippen molar-refractivity contribution in [1.29, 1.82) is 0 Å². The number of aliphatic carboxylic acids is 1. The minimum absolute atomic E-state index is 0.00572. The van der Waals surface area contributed by atoms with Crippen molar-refractivity contribution in [1.82, 2.24) is 4.90 Å². The van der Waals surface area contributed by atoms with E-state index in [-0.39, 0.29) is 24.0 Å². The maximum Gasteiger partial charge on any atom is 0.412 e. The minimum Gasteiger partial charge on any atom is -0.481 e. The molecular weight excluding hydrogens is 474 g/mol. The Hall–Kier alpha value is -1.12. The number of amides is 1. The van der Waals surface area contributed by atoms with Crippen LogP contribution in [0.25, 0.3) is 0 Å². The fraction of sp³-hybridized carbons (Fsp3) is 0.929. The molecule has 1 heterocycles. The summed E-state index contributed by atoms with van der Waals surface area (Å²) in [6.07, 6.45) is 1.06. The van der Waals surface area contributed by atoms with E-state index in [1.165, 1.54) is 0 Å². The second-order valence-corrected chi connectivity index (χ2v) is 19.2. The summed E-state index contributed by atoms with van der Waals surface area (Å²) >= 11 is 0. The summed E-state index contributed by atoms with van der Waals surface area (Å²) in [4.78, 5) is 26.4. The lowest BCUT2D eigenvalue weighted by Crippen LogP contribution is -2.51. The van der Waals surface area contributed by atoms with Crippen LogP contribution < -0.4 is 0 Å². The van der Waals surface area contributed by atoms with E-state index in [1.807, 2.05) is 34.6 Å². The monoisotopic (exact) mass is 529 g/mol. The van der Waals surface area contributed by atoms with E-state index in [0.717, 1.165) is 6.42 Å². The zero-order chi connectivity index (χ0) is 28.3. The zero-order valence-electron chi connectivity index (χ0n) is 25.4. The van der Waals surface area contributed by atoms with Crippen molar-refractivity contribution in [2.75, 3.05) is 6.61 Å². The van der Waals surface area contributed by atoms with Crippen LogP contribution >= 0.6 is 0 Å². The van der Waals surface area contributed by atoms with Gasteiger partial charge in [-0.1, -0.05) is 55.4 Å². The molecular formula is C28H55NO6Si. The summed E-state index contributed by atoms with van der Waals surface area (Å²) < 4.78 is 18.9. The molecule has 0 unspecified atom stereocenters. The standard InChI is InChI=1S/C28H55NO6Si/c1-19(2)36(20(3)4,21(5)6)33-17-16-27(10,11)18-22-23(14-15-24(30)31)34-28(12,13)29(22)25(32)35-26(7,8)9/h19-23H,14-18H2,1-13H3,(H,30,31)/t22-,23-/m0/s1. The molecule has 0 aromatic heterocycles. The number of carbonyl (C=O) groups excluding carboxylic acids is 1. The molecule has 8 heteroatoms. The Balaban J connectivity index is 3.15. The molecule has 7 nitrogen and oxygen atoms in total. The predicted molar refractivity (Wildman–Crippen MR) is 148 cm³/mol. The second kappa shape index (κ2) is 12.2. The molecule has 1 amide bonds. The molecule has 1 rings (SSSR count). The van der Waals surface area contributed by atoms with Crippen molar-refractivity contribution in [3.8, 4) is 0 Å². The SMILES string of the molecule is CC(C)[Si](OCCC(C)(C)C[C@H]1[C@H](CCC(=O)O)OC(C)(C)N1C(=O)OC(C)(C)C)(C(C)C)C(C)C. The lowest BCUT2D eigenvalue weighted by molar-refractivity contribution is -0.138. The molecule has 0 aliphatic carbocycles. The van der Waals surface area contributed by atoms with Crippen LogP contribution in [0, 0.1) is 5.41 Å². The predicted octanol–water partition coefficient (Wildman–Crippen LogP) is 7.59. The van der Waals surface area contributed by atoms with Crippen LogP contribution in [0.4, 0.5) is 4.79 Å². The van der Waals surface area contributed by atoms with Gasteiger partial charge < -0.3 is 19.0 Å². The molecule has 0 aromatic rings. The first-order valence-corrected chi connectivity index (χ1v) is 15.9. The van der Waals surface area contributed by atoms with Crippen molar-refractivity contribution in [2.45, 2.75) is 156 Å². The highest BCUT2D eigenvalue weighted by Gasteiger charge is 2.52. The van der Waals surface area contributed by atoms with E-state index in [1.54, 1.807) is 4.90 Å². The smallest absolute Gasteiger partial charge is 0.412 e. The third-order valence-corrected chi connectivity index (χ3v) is 13.7. The summed E-state index contributed by atoms with van der Waals surface area (Å²) in [6, 6.07) is -0.286. The summed E-state index contributed by atoms with van der Waals surface area (Å²) in [5.41, 5.74) is -0.120. The Morgan fingerprint density at radius 2 is 1.50 bits per heavy atom. The largest absolute Gasteiger partial charge is 0.481 e. The number of carbonyl (C=O) groups is 2. The van der Waals surface area contributed by atoms with Gasteiger partial charge in [-0.25, -0.2) is 4.79 Å².